The number of H-pyrrole nitrogens is 1. The molecule has 2 aromatic heterocycles. The number of amides is 1. The highest BCUT2D eigenvalue weighted by atomic mass is 16.2. The molecule has 0 aromatic carbocycles. The van der Waals surface area contributed by atoms with Crippen LogP contribution in [0, 0.1) is 0 Å². The molecule has 0 radical (unpaired) electrons. The van der Waals surface area contributed by atoms with Gasteiger partial charge in [0.15, 0.2) is 5.82 Å². The van der Waals surface area contributed by atoms with E-state index >= 15 is 0 Å². The molecule has 0 atom stereocenters. The number of carbonyl (C=O) groups excluding carboxylic acids is 1. The van der Waals surface area contributed by atoms with E-state index in [0.717, 1.165) is 31.5 Å². The number of pyridine rings is 1. The molecule has 1 aliphatic heterocycles. The smallest absolute Gasteiger partial charge is 0.291 e. The van der Waals surface area contributed by atoms with Gasteiger partial charge in [-0.1, -0.05) is 0 Å². The van der Waals surface area contributed by atoms with Crippen LogP contribution in [-0.2, 0) is 0 Å². The first kappa shape index (κ1) is 10.9. The summed E-state index contributed by atoms with van der Waals surface area (Å²) in [6.07, 6.45) is 5.48. The van der Waals surface area contributed by atoms with Crippen LogP contribution in [0.5, 0.6) is 0 Å². The normalized spacial score (nSPS) is 15.0. The van der Waals surface area contributed by atoms with Crippen LogP contribution in [0.15, 0.2) is 24.5 Å². The second-order valence-corrected chi connectivity index (χ2v) is 4.24. The minimum atomic E-state index is -0.0692. The van der Waals surface area contributed by atoms with E-state index in [-0.39, 0.29) is 5.91 Å². The van der Waals surface area contributed by atoms with Crippen LogP contribution >= 0.6 is 0 Å². The molecule has 3 rings (SSSR count). The first-order chi connectivity index (χ1) is 8.84. The van der Waals surface area contributed by atoms with E-state index in [0.29, 0.717) is 11.6 Å². The van der Waals surface area contributed by atoms with Crippen molar-refractivity contribution in [3.8, 4) is 11.4 Å². The lowest BCUT2D eigenvalue weighted by molar-refractivity contribution is 0.0781. The van der Waals surface area contributed by atoms with Crippen LogP contribution in [0.2, 0.25) is 0 Å². The van der Waals surface area contributed by atoms with Gasteiger partial charge in [-0.15, -0.1) is 0 Å². The van der Waals surface area contributed by atoms with Gasteiger partial charge < -0.3 is 4.90 Å². The second-order valence-electron chi connectivity index (χ2n) is 4.24. The lowest BCUT2D eigenvalue weighted by Gasteiger charge is -2.12. The highest BCUT2D eigenvalue weighted by molar-refractivity contribution is 5.91. The fourth-order valence-electron chi connectivity index (χ4n) is 2.06. The van der Waals surface area contributed by atoms with Crippen molar-refractivity contribution in [3.05, 3.63) is 30.4 Å². The van der Waals surface area contributed by atoms with Gasteiger partial charge in [0.05, 0.1) is 0 Å². The number of carbonyl (C=O) groups is 1. The summed E-state index contributed by atoms with van der Waals surface area (Å²) in [5, 5.41) is 6.78. The molecule has 0 aliphatic carbocycles. The molecule has 3 heterocycles. The summed E-state index contributed by atoms with van der Waals surface area (Å²) in [5.41, 5.74) is 0.849. The van der Waals surface area contributed by atoms with Crippen molar-refractivity contribution in [1.29, 1.82) is 0 Å². The van der Waals surface area contributed by atoms with E-state index in [1.807, 2.05) is 12.1 Å². The van der Waals surface area contributed by atoms with E-state index in [1.165, 1.54) is 0 Å². The van der Waals surface area contributed by atoms with Crippen molar-refractivity contribution in [1.82, 2.24) is 25.1 Å². The summed E-state index contributed by atoms with van der Waals surface area (Å²) >= 11 is 0. The van der Waals surface area contributed by atoms with E-state index in [2.05, 4.69) is 20.2 Å². The van der Waals surface area contributed by atoms with Crippen molar-refractivity contribution < 1.29 is 4.79 Å². The number of hydrogen-bond donors (Lipinski definition) is 1. The maximum Gasteiger partial charge on any atom is 0.291 e. The summed E-state index contributed by atoms with van der Waals surface area (Å²) in [7, 11) is 0. The standard InChI is InChI=1S/C12H13N5O/c18-12(17-7-1-2-8-17)11-14-10(15-16-11)9-3-5-13-6-4-9/h3-6H,1-2,7-8H2,(H,14,15,16). The van der Waals surface area contributed by atoms with Crippen LogP contribution < -0.4 is 0 Å². The Hall–Kier alpha value is -2.24. The fraction of sp³-hybridized carbons (Fsp3) is 0.333. The van der Waals surface area contributed by atoms with Crippen LogP contribution in [0.25, 0.3) is 11.4 Å². The number of aromatic nitrogens is 4. The maximum absolute atomic E-state index is 12.1. The highest BCUT2D eigenvalue weighted by Gasteiger charge is 2.22. The van der Waals surface area contributed by atoms with Crippen molar-refractivity contribution in [3.63, 3.8) is 0 Å². The van der Waals surface area contributed by atoms with Gasteiger partial charge in [0.25, 0.3) is 5.91 Å². The number of nitrogens with one attached hydrogen (secondary N) is 1. The lowest BCUT2D eigenvalue weighted by atomic mass is 10.2. The Bertz CT molecular complexity index is 545. The molecule has 0 unspecified atom stereocenters. The van der Waals surface area contributed by atoms with E-state index in [9.17, 15) is 4.79 Å². The van der Waals surface area contributed by atoms with Gasteiger partial charge in [-0.05, 0) is 25.0 Å². The fourth-order valence-corrected chi connectivity index (χ4v) is 2.06. The zero-order valence-corrected chi connectivity index (χ0v) is 9.83. The molecule has 1 aliphatic rings. The summed E-state index contributed by atoms with van der Waals surface area (Å²) in [6.45, 7) is 1.62. The Morgan fingerprint density at radius 1 is 1.22 bits per heavy atom. The Morgan fingerprint density at radius 2 is 1.94 bits per heavy atom. The topological polar surface area (TPSA) is 74.8 Å². The zero-order valence-electron chi connectivity index (χ0n) is 9.83. The third-order valence-corrected chi connectivity index (χ3v) is 3.02. The molecule has 0 spiro atoms. The Kier molecular flexibility index (Phi) is 2.76. The van der Waals surface area contributed by atoms with Crippen molar-refractivity contribution in [2.75, 3.05) is 13.1 Å². The van der Waals surface area contributed by atoms with Crippen LogP contribution in [-0.4, -0.2) is 44.1 Å². The third-order valence-electron chi connectivity index (χ3n) is 3.02. The monoisotopic (exact) mass is 243 g/mol. The maximum atomic E-state index is 12.1. The number of rotatable bonds is 2. The zero-order chi connectivity index (χ0) is 12.4. The van der Waals surface area contributed by atoms with Crippen molar-refractivity contribution >= 4 is 5.91 Å². The molecule has 1 saturated heterocycles. The molecule has 92 valence electrons. The molecule has 6 nitrogen and oxygen atoms in total. The lowest BCUT2D eigenvalue weighted by Crippen LogP contribution is -2.28. The van der Waals surface area contributed by atoms with E-state index in [1.54, 1.807) is 17.3 Å². The van der Waals surface area contributed by atoms with Gasteiger partial charge in [0.1, 0.15) is 0 Å². The largest absolute Gasteiger partial charge is 0.336 e. The number of nitrogens with zero attached hydrogens (tertiary/aromatic N) is 4. The van der Waals surface area contributed by atoms with Crippen molar-refractivity contribution in [2.45, 2.75) is 12.8 Å². The molecule has 0 saturated carbocycles. The van der Waals surface area contributed by atoms with Crippen LogP contribution in [0.1, 0.15) is 23.5 Å². The van der Waals surface area contributed by atoms with Gasteiger partial charge in [0, 0.05) is 31.0 Å². The molecule has 1 N–H and O–H groups in total. The minimum Gasteiger partial charge on any atom is -0.336 e. The summed E-state index contributed by atoms with van der Waals surface area (Å²) in [4.78, 5) is 22.0. The summed E-state index contributed by atoms with van der Waals surface area (Å²) in [6, 6.07) is 3.63. The van der Waals surface area contributed by atoms with Gasteiger partial charge in [-0.25, -0.2) is 4.98 Å². The van der Waals surface area contributed by atoms with Gasteiger partial charge in [0.2, 0.25) is 5.82 Å². The molecule has 2 aromatic rings. The van der Waals surface area contributed by atoms with Crippen LogP contribution in [0.3, 0.4) is 0 Å². The quantitative estimate of drug-likeness (QED) is 0.857. The molecular formula is C12H13N5O. The summed E-state index contributed by atoms with van der Waals surface area (Å²) in [5.74, 6) is 0.768. The summed E-state index contributed by atoms with van der Waals surface area (Å²) < 4.78 is 0. The molecule has 0 bridgehead atoms. The molecule has 1 fully saturated rings. The van der Waals surface area contributed by atoms with E-state index in [4.69, 9.17) is 0 Å². The van der Waals surface area contributed by atoms with Gasteiger partial charge >= 0.3 is 0 Å². The number of hydrogen-bond acceptors (Lipinski definition) is 4. The highest BCUT2D eigenvalue weighted by Crippen LogP contribution is 2.15. The predicted molar refractivity (Wildman–Crippen MR) is 64.8 cm³/mol. The predicted octanol–water partition coefficient (Wildman–Crippen LogP) is 1.10. The van der Waals surface area contributed by atoms with Gasteiger partial charge in [-0.3, -0.25) is 14.9 Å². The molecule has 6 heteroatoms. The Balaban J connectivity index is 1.83. The van der Waals surface area contributed by atoms with Crippen LogP contribution in [0.4, 0.5) is 0 Å². The molecule has 1 amide bonds. The molecule has 18 heavy (non-hydrogen) atoms. The first-order valence-corrected chi connectivity index (χ1v) is 5.97. The molecular weight excluding hydrogens is 230 g/mol. The second kappa shape index (κ2) is 4.56. The minimum absolute atomic E-state index is 0.0692. The number of likely N-dealkylation sites (tertiary alicyclic amines) is 1. The Labute approximate surface area is 104 Å². The van der Waals surface area contributed by atoms with Crippen molar-refractivity contribution in [2.24, 2.45) is 0 Å². The Morgan fingerprint density at radius 3 is 2.67 bits per heavy atom. The third kappa shape index (κ3) is 1.97. The number of aromatic amines is 1. The average molecular weight is 243 g/mol. The first-order valence-electron chi connectivity index (χ1n) is 5.97. The average Bonchev–Trinajstić information content (AvgIpc) is 3.10. The van der Waals surface area contributed by atoms with E-state index < -0.39 is 0 Å². The SMILES string of the molecule is O=C(c1nc(-c2ccncc2)n[nH]1)N1CCCC1. The van der Waals surface area contributed by atoms with Gasteiger partial charge in [-0.2, -0.15) is 5.10 Å².